The molecule has 20 heavy (non-hydrogen) atoms. The monoisotopic (exact) mass is 277 g/mol. The highest BCUT2D eigenvalue weighted by molar-refractivity contribution is 5.91. The van der Waals surface area contributed by atoms with E-state index >= 15 is 0 Å². The summed E-state index contributed by atoms with van der Waals surface area (Å²) < 4.78 is 0. The van der Waals surface area contributed by atoms with Crippen LogP contribution in [0.25, 0.3) is 0 Å². The van der Waals surface area contributed by atoms with Crippen LogP contribution in [0.5, 0.6) is 0 Å². The van der Waals surface area contributed by atoms with Crippen molar-refractivity contribution in [1.82, 2.24) is 4.90 Å². The lowest BCUT2D eigenvalue weighted by atomic mass is 9.95. The Balaban J connectivity index is 2.07. The van der Waals surface area contributed by atoms with Crippen LogP contribution in [-0.4, -0.2) is 46.2 Å². The van der Waals surface area contributed by atoms with Crippen molar-refractivity contribution in [2.24, 2.45) is 5.92 Å². The SMILES string of the molecule is CC1CCN(C(=O)Cc2ccccc2C(=O)O)CC1O. The van der Waals surface area contributed by atoms with E-state index in [4.69, 9.17) is 5.11 Å². The molecule has 2 atom stereocenters. The third kappa shape index (κ3) is 3.17. The lowest BCUT2D eigenvalue weighted by Crippen LogP contribution is -2.46. The normalized spacial score (nSPS) is 22.6. The number of carboxylic acids is 1. The smallest absolute Gasteiger partial charge is 0.335 e. The van der Waals surface area contributed by atoms with Gasteiger partial charge < -0.3 is 15.1 Å². The number of likely N-dealkylation sites (tertiary alicyclic amines) is 1. The first-order valence-electron chi connectivity index (χ1n) is 6.76. The van der Waals surface area contributed by atoms with Gasteiger partial charge in [-0.15, -0.1) is 0 Å². The van der Waals surface area contributed by atoms with Gasteiger partial charge in [-0.25, -0.2) is 4.79 Å². The van der Waals surface area contributed by atoms with Crippen molar-refractivity contribution in [3.05, 3.63) is 35.4 Å². The van der Waals surface area contributed by atoms with Crippen LogP contribution in [0, 0.1) is 5.92 Å². The van der Waals surface area contributed by atoms with E-state index in [-0.39, 0.29) is 23.8 Å². The minimum atomic E-state index is -1.03. The van der Waals surface area contributed by atoms with Gasteiger partial charge in [-0.05, 0) is 24.0 Å². The Labute approximate surface area is 117 Å². The van der Waals surface area contributed by atoms with E-state index in [1.54, 1.807) is 23.1 Å². The van der Waals surface area contributed by atoms with E-state index in [1.807, 2.05) is 6.92 Å². The number of carbonyl (C=O) groups excluding carboxylic acids is 1. The molecular weight excluding hydrogens is 258 g/mol. The van der Waals surface area contributed by atoms with Gasteiger partial charge in [-0.1, -0.05) is 25.1 Å². The first-order chi connectivity index (χ1) is 9.49. The highest BCUT2D eigenvalue weighted by Gasteiger charge is 2.27. The molecule has 1 aliphatic rings. The van der Waals surface area contributed by atoms with Crippen LogP contribution in [0.3, 0.4) is 0 Å². The van der Waals surface area contributed by atoms with Gasteiger partial charge >= 0.3 is 5.97 Å². The molecule has 1 aromatic rings. The summed E-state index contributed by atoms with van der Waals surface area (Å²) in [4.78, 5) is 24.9. The van der Waals surface area contributed by atoms with Gasteiger partial charge in [0.1, 0.15) is 0 Å². The Hall–Kier alpha value is -1.88. The van der Waals surface area contributed by atoms with E-state index in [2.05, 4.69) is 0 Å². The maximum Gasteiger partial charge on any atom is 0.335 e. The lowest BCUT2D eigenvalue weighted by molar-refractivity contribution is -0.134. The molecule has 0 aliphatic carbocycles. The predicted octanol–water partition coefficient (Wildman–Crippen LogP) is 1.16. The summed E-state index contributed by atoms with van der Waals surface area (Å²) in [7, 11) is 0. The van der Waals surface area contributed by atoms with E-state index in [1.165, 1.54) is 6.07 Å². The van der Waals surface area contributed by atoms with Crippen LogP contribution in [-0.2, 0) is 11.2 Å². The third-order valence-electron chi connectivity index (χ3n) is 3.86. The summed E-state index contributed by atoms with van der Waals surface area (Å²) in [6, 6.07) is 6.52. The number of amides is 1. The van der Waals surface area contributed by atoms with Crippen LogP contribution >= 0.6 is 0 Å². The molecule has 2 unspecified atom stereocenters. The van der Waals surface area contributed by atoms with Crippen LogP contribution in [0.15, 0.2) is 24.3 Å². The average Bonchev–Trinajstić information content (AvgIpc) is 2.42. The van der Waals surface area contributed by atoms with Crippen molar-refractivity contribution in [1.29, 1.82) is 0 Å². The second-order valence-electron chi connectivity index (χ2n) is 5.31. The van der Waals surface area contributed by atoms with Crippen molar-refractivity contribution in [3.63, 3.8) is 0 Å². The van der Waals surface area contributed by atoms with E-state index < -0.39 is 12.1 Å². The Morgan fingerprint density at radius 2 is 2.05 bits per heavy atom. The van der Waals surface area contributed by atoms with Crippen molar-refractivity contribution >= 4 is 11.9 Å². The molecule has 2 rings (SSSR count). The zero-order valence-corrected chi connectivity index (χ0v) is 11.5. The molecule has 0 radical (unpaired) electrons. The maximum absolute atomic E-state index is 12.2. The molecule has 1 amide bonds. The first kappa shape index (κ1) is 14.5. The van der Waals surface area contributed by atoms with Crippen LogP contribution in [0.2, 0.25) is 0 Å². The van der Waals surface area contributed by atoms with Crippen LogP contribution in [0.1, 0.15) is 29.3 Å². The molecule has 1 aliphatic heterocycles. The molecule has 0 aromatic heterocycles. The largest absolute Gasteiger partial charge is 0.478 e. The predicted molar refractivity (Wildman–Crippen MR) is 73.5 cm³/mol. The summed E-state index contributed by atoms with van der Waals surface area (Å²) >= 11 is 0. The number of carboxylic acid groups (broad SMARTS) is 1. The van der Waals surface area contributed by atoms with Gasteiger partial charge in [0.2, 0.25) is 5.91 Å². The minimum absolute atomic E-state index is 0.0591. The number of carbonyl (C=O) groups is 2. The number of rotatable bonds is 3. The number of nitrogens with zero attached hydrogens (tertiary/aromatic N) is 1. The molecular formula is C15H19NO4. The molecule has 1 saturated heterocycles. The third-order valence-corrected chi connectivity index (χ3v) is 3.86. The van der Waals surface area contributed by atoms with Crippen molar-refractivity contribution in [2.75, 3.05) is 13.1 Å². The summed E-state index contributed by atoms with van der Waals surface area (Å²) in [6.45, 7) is 2.91. The molecule has 108 valence electrons. The van der Waals surface area contributed by atoms with E-state index in [0.717, 1.165) is 6.42 Å². The molecule has 5 heteroatoms. The average molecular weight is 277 g/mol. The summed E-state index contributed by atoms with van der Waals surface area (Å²) in [6.07, 6.45) is 0.333. The van der Waals surface area contributed by atoms with Crippen molar-refractivity contribution < 1.29 is 19.8 Å². The summed E-state index contributed by atoms with van der Waals surface area (Å²) in [5.41, 5.74) is 0.671. The fourth-order valence-electron chi connectivity index (χ4n) is 2.43. The molecule has 0 saturated carbocycles. The number of aliphatic hydroxyl groups is 1. The Kier molecular flexibility index (Phi) is 4.39. The Bertz CT molecular complexity index is 514. The number of piperidine rings is 1. The lowest BCUT2D eigenvalue weighted by Gasteiger charge is -2.34. The van der Waals surface area contributed by atoms with Crippen LogP contribution < -0.4 is 0 Å². The molecule has 5 nitrogen and oxygen atoms in total. The fourth-order valence-corrected chi connectivity index (χ4v) is 2.43. The molecule has 1 fully saturated rings. The summed E-state index contributed by atoms with van der Waals surface area (Å²) in [5, 5.41) is 18.9. The molecule has 1 heterocycles. The second kappa shape index (κ2) is 6.05. The van der Waals surface area contributed by atoms with Crippen molar-refractivity contribution in [3.8, 4) is 0 Å². The maximum atomic E-state index is 12.2. The van der Waals surface area contributed by atoms with Gasteiger partial charge in [0.05, 0.1) is 18.1 Å². The number of aliphatic hydroxyl groups excluding tert-OH is 1. The van der Waals surface area contributed by atoms with E-state index in [9.17, 15) is 14.7 Å². The van der Waals surface area contributed by atoms with E-state index in [0.29, 0.717) is 18.7 Å². The number of hydrogen-bond donors (Lipinski definition) is 2. The van der Waals surface area contributed by atoms with Crippen molar-refractivity contribution in [2.45, 2.75) is 25.9 Å². The van der Waals surface area contributed by atoms with Gasteiger partial charge in [-0.3, -0.25) is 4.79 Å². The summed E-state index contributed by atoms with van der Waals surface area (Å²) in [5.74, 6) is -0.962. The fraction of sp³-hybridized carbons (Fsp3) is 0.467. The highest BCUT2D eigenvalue weighted by atomic mass is 16.4. The molecule has 0 spiro atoms. The molecule has 1 aromatic carbocycles. The van der Waals surface area contributed by atoms with Gasteiger partial charge in [0.25, 0.3) is 0 Å². The van der Waals surface area contributed by atoms with Gasteiger partial charge in [-0.2, -0.15) is 0 Å². The number of benzene rings is 1. The Morgan fingerprint density at radius 3 is 2.70 bits per heavy atom. The van der Waals surface area contributed by atoms with Gasteiger partial charge in [0, 0.05) is 13.1 Å². The second-order valence-corrected chi connectivity index (χ2v) is 5.31. The number of aromatic carboxylic acids is 1. The minimum Gasteiger partial charge on any atom is -0.478 e. The Morgan fingerprint density at radius 1 is 1.35 bits per heavy atom. The number of hydrogen-bond acceptors (Lipinski definition) is 3. The topological polar surface area (TPSA) is 77.8 Å². The zero-order valence-electron chi connectivity index (χ0n) is 11.5. The van der Waals surface area contributed by atoms with Gasteiger partial charge in [0.15, 0.2) is 0 Å². The molecule has 0 bridgehead atoms. The van der Waals surface area contributed by atoms with Crippen LogP contribution in [0.4, 0.5) is 0 Å². The first-order valence-corrected chi connectivity index (χ1v) is 6.76. The standard InChI is InChI=1S/C15H19NO4/c1-10-6-7-16(9-13(10)17)14(18)8-11-4-2-3-5-12(11)15(19)20/h2-5,10,13,17H,6-9H2,1H3,(H,19,20). The number of β-amino-alcohol motifs (C(OH)–C–C–N with tert-alkyl or cyclic N) is 1. The zero-order chi connectivity index (χ0) is 14.7. The molecule has 2 N–H and O–H groups in total. The highest BCUT2D eigenvalue weighted by Crippen LogP contribution is 2.18. The quantitative estimate of drug-likeness (QED) is 0.869.